The summed E-state index contributed by atoms with van der Waals surface area (Å²) in [6.07, 6.45) is -4.77. The second kappa shape index (κ2) is 8.74. The molecule has 0 bridgehead atoms. The summed E-state index contributed by atoms with van der Waals surface area (Å²) in [6, 6.07) is 10.8. The summed E-state index contributed by atoms with van der Waals surface area (Å²) in [7, 11) is 0. The van der Waals surface area contributed by atoms with Gasteiger partial charge in [0.2, 0.25) is 11.1 Å². The van der Waals surface area contributed by atoms with Crippen molar-refractivity contribution in [3.8, 4) is 11.4 Å². The molecular weight excluding hydrogens is 419 g/mol. The molecule has 1 atom stereocenters. The maximum atomic E-state index is 12.6. The lowest BCUT2D eigenvalue weighted by Crippen LogP contribution is -2.23. The van der Waals surface area contributed by atoms with Crippen molar-refractivity contribution in [3.63, 3.8) is 0 Å². The molecule has 1 heterocycles. The number of tetrazole rings is 1. The van der Waals surface area contributed by atoms with Gasteiger partial charge in [-0.2, -0.15) is 4.68 Å². The summed E-state index contributed by atoms with van der Waals surface area (Å²) in [5.74, 6) is -0.579. The molecule has 3 aromatic rings. The van der Waals surface area contributed by atoms with E-state index in [0.717, 1.165) is 40.7 Å². The van der Waals surface area contributed by atoms with E-state index in [0.29, 0.717) is 10.8 Å². The molecule has 1 amide bonds. The first kappa shape index (κ1) is 21.6. The van der Waals surface area contributed by atoms with Gasteiger partial charge < -0.3 is 10.1 Å². The number of halogens is 3. The minimum absolute atomic E-state index is 0.226. The first-order chi connectivity index (χ1) is 14.1. The number of anilines is 1. The monoisotopic (exact) mass is 437 g/mol. The highest BCUT2D eigenvalue weighted by Gasteiger charge is 2.31. The van der Waals surface area contributed by atoms with Crippen LogP contribution in [0.2, 0.25) is 0 Å². The fraction of sp³-hybridized carbons (Fsp3) is 0.263. The molecule has 1 aromatic heterocycles. The van der Waals surface area contributed by atoms with E-state index in [-0.39, 0.29) is 11.7 Å². The van der Waals surface area contributed by atoms with Gasteiger partial charge >= 0.3 is 6.36 Å². The Morgan fingerprint density at radius 2 is 1.87 bits per heavy atom. The van der Waals surface area contributed by atoms with Gasteiger partial charge in [0.15, 0.2) is 0 Å². The number of nitrogens with zero attached hydrogens (tertiary/aromatic N) is 4. The van der Waals surface area contributed by atoms with E-state index in [2.05, 4.69) is 25.6 Å². The molecule has 0 aliphatic heterocycles. The van der Waals surface area contributed by atoms with Crippen molar-refractivity contribution in [1.29, 1.82) is 0 Å². The van der Waals surface area contributed by atoms with Crippen LogP contribution in [-0.4, -0.2) is 37.7 Å². The standard InChI is InChI=1S/C19H18F3N5O2S/c1-11-4-9-16(12(2)10-11)23-17(28)13(3)30-18-24-25-26-27(18)14-5-7-15(8-6-14)29-19(20,21)22/h4-10,13H,1-3H3,(H,23,28). The van der Waals surface area contributed by atoms with Gasteiger partial charge in [0.25, 0.3) is 0 Å². The van der Waals surface area contributed by atoms with Crippen molar-refractivity contribution >= 4 is 23.4 Å². The van der Waals surface area contributed by atoms with Gasteiger partial charge in [-0.15, -0.1) is 18.3 Å². The SMILES string of the molecule is Cc1ccc(NC(=O)C(C)Sc2nnnn2-c2ccc(OC(F)(F)F)cc2)c(C)c1. The third kappa shape index (κ3) is 5.50. The smallest absolute Gasteiger partial charge is 0.406 e. The van der Waals surface area contributed by atoms with Crippen LogP contribution < -0.4 is 10.1 Å². The van der Waals surface area contributed by atoms with E-state index in [1.54, 1.807) is 6.92 Å². The van der Waals surface area contributed by atoms with E-state index < -0.39 is 11.6 Å². The quantitative estimate of drug-likeness (QED) is 0.579. The number of nitrogens with one attached hydrogen (secondary N) is 1. The van der Waals surface area contributed by atoms with Crippen molar-refractivity contribution in [1.82, 2.24) is 20.2 Å². The molecule has 30 heavy (non-hydrogen) atoms. The Bertz CT molecular complexity index is 1040. The zero-order chi connectivity index (χ0) is 21.9. The Labute approximate surface area is 174 Å². The molecule has 0 spiro atoms. The molecule has 11 heteroatoms. The number of ether oxygens (including phenoxy) is 1. The summed E-state index contributed by atoms with van der Waals surface area (Å²) >= 11 is 1.13. The number of rotatable bonds is 6. The maximum Gasteiger partial charge on any atom is 0.573 e. The topological polar surface area (TPSA) is 81.9 Å². The molecule has 1 N–H and O–H groups in total. The highest BCUT2D eigenvalue weighted by molar-refractivity contribution is 8.00. The highest BCUT2D eigenvalue weighted by Crippen LogP contribution is 2.27. The molecule has 0 saturated heterocycles. The van der Waals surface area contributed by atoms with Gasteiger partial charge in [-0.05, 0) is 67.1 Å². The number of aromatic nitrogens is 4. The van der Waals surface area contributed by atoms with Crippen molar-refractivity contribution in [2.75, 3.05) is 5.32 Å². The molecule has 0 saturated carbocycles. The van der Waals surface area contributed by atoms with Crippen molar-refractivity contribution in [3.05, 3.63) is 53.6 Å². The normalized spacial score (nSPS) is 12.5. The van der Waals surface area contributed by atoms with E-state index in [1.165, 1.54) is 16.8 Å². The van der Waals surface area contributed by atoms with Gasteiger partial charge in [-0.25, -0.2) is 0 Å². The second-order valence-electron chi connectivity index (χ2n) is 6.48. The first-order valence-corrected chi connectivity index (χ1v) is 9.70. The molecule has 2 aromatic carbocycles. The number of benzene rings is 2. The first-order valence-electron chi connectivity index (χ1n) is 8.82. The molecule has 0 aliphatic rings. The van der Waals surface area contributed by atoms with E-state index in [9.17, 15) is 18.0 Å². The van der Waals surface area contributed by atoms with Gasteiger partial charge in [-0.3, -0.25) is 4.79 Å². The van der Waals surface area contributed by atoms with Crippen molar-refractivity contribution < 1.29 is 22.7 Å². The van der Waals surface area contributed by atoms with Crippen molar-refractivity contribution in [2.24, 2.45) is 0 Å². The van der Waals surface area contributed by atoms with Crippen molar-refractivity contribution in [2.45, 2.75) is 37.5 Å². The summed E-state index contributed by atoms with van der Waals surface area (Å²) < 4.78 is 42.1. The Balaban J connectivity index is 1.69. The van der Waals surface area contributed by atoms with Crippen LogP contribution in [0.1, 0.15) is 18.1 Å². The molecule has 158 valence electrons. The predicted octanol–water partition coefficient (Wildman–Crippen LogP) is 4.30. The Morgan fingerprint density at radius 3 is 2.50 bits per heavy atom. The number of aryl methyl sites for hydroxylation is 2. The fourth-order valence-electron chi connectivity index (χ4n) is 2.60. The molecule has 0 radical (unpaired) electrons. The van der Waals surface area contributed by atoms with Gasteiger partial charge in [0, 0.05) is 5.69 Å². The van der Waals surface area contributed by atoms with Crippen LogP contribution in [0.3, 0.4) is 0 Å². The number of amides is 1. The maximum absolute atomic E-state index is 12.6. The van der Waals surface area contributed by atoms with Gasteiger partial charge in [-0.1, -0.05) is 29.5 Å². The van der Waals surface area contributed by atoms with Crippen LogP contribution in [0.5, 0.6) is 5.75 Å². The Morgan fingerprint density at radius 1 is 1.17 bits per heavy atom. The number of carbonyl (C=O) groups excluding carboxylic acids is 1. The molecule has 7 nitrogen and oxygen atoms in total. The number of hydrogen-bond donors (Lipinski definition) is 1. The minimum Gasteiger partial charge on any atom is -0.406 e. The second-order valence-corrected chi connectivity index (χ2v) is 7.79. The van der Waals surface area contributed by atoms with Gasteiger partial charge in [0.05, 0.1) is 10.9 Å². The van der Waals surface area contributed by atoms with E-state index >= 15 is 0 Å². The largest absolute Gasteiger partial charge is 0.573 e. The van der Waals surface area contributed by atoms with E-state index in [1.807, 2.05) is 32.0 Å². The van der Waals surface area contributed by atoms with Crippen LogP contribution in [0.25, 0.3) is 5.69 Å². The average Bonchev–Trinajstić information content (AvgIpc) is 3.11. The zero-order valence-electron chi connectivity index (χ0n) is 16.3. The summed E-state index contributed by atoms with van der Waals surface area (Å²) in [6.45, 7) is 5.59. The van der Waals surface area contributed by atoms with Crippen LogP contribution in [0, 0.1) is 13.8 Å². The third-order valence-electron chi connectivity index (χ3n) is 4.05. The summed E-state index contributed by atoms with van der Waals surface area (Å²) in [4.78, 5) is 12.6. The molecule has 1 unspecified atom stereocenters. The number of thioether (sulfide) groups is 1. The Kier molecular flexibility index (Phi) is 6.30. The number of hydrogen-bond acceptors (Lipinski definition) is 6. The predicted molar refractivity (Wildman–Crippen MR) is 106 cm³/mol. The van der Waals surface area contributed by atoms with Crippen LogP contribution in [0.15, 0.2) is 47.6 Å². The number of alkyl halides is 3. The van der Waals surface area contributed by atoms with Gasteiger partial charge in [0.1, 0.15) is 5.75 Å². The third-order valence-corrected chi connectivity index (χ3v) is 5.08. The molecule has 0 aliphatic carbocycles. The summed E-state index contributed by atoms with van der Waals surface area (Å²) in [5, 5.41) is 14.0. The van der Waals surface area contributed by atoms with E-state index in [4.69, 9.17) is 0 Å². The highest BCUT2D eigenvalue weighted by atomic mass is 32.2. The zero-order valence-corrected chi connectivity index (χ0v) is 17.1. The Hall–Kier alpha value is -3.08. The van der Waals surface area contributed by atoms with Crippen LogP contribution in [-0.2, 0) is 4.79 Å². The lowest BCUT2D eigenvalue weighted by Gasteiger charge is -2.14. The molecule has 0 fully saturated rings. The number of carbonyl (C=O) groups is 1. The molecule has 3 rings (SSSR count). The average molecular weight is 437 g/mol. The van der Waals surface area contributed by atoms with Crippen LogP contribution >= 0.6 is 11.8 Å². The lowest BCUT2D eigenvalue weighted by atomic mass is 10.1. The lowest BCUT2D eigenvalue weighted by molar-refractivity contribution is -0.274. The minimum atomic E-state index is -4.77. The summed E-state index contributed by atoms with van der Waals surface area (Å²) in [5.41, 5.74) is 3.20. The fourth-order valence-corrected chi connectivity index (χ4v) is 3.41. The van der Waals surface area contributed by atoms with Crippen LogP contribution in [0.4, 0.5) is 18.9 Å². The molecular formula is C19H18F3N5O2S.